The molecule has 2 aromatic rings. The predicted molar refractivity (Wildman–Crippen MR) is 102 cm³/mol. The summed E-state index contributed by atoms with van der Waals surface area (Å²) in [5.41, 5.74) is 8.53. The third kappa shape index (κ3) is 5.15. The van der Waals surface area contributed by atoms with Gasteiger partial charge in [0.05, 0.1) is 5.71 Å². The number of hydrogen-bond donors (Lipinski definition) is 1. The number of anilines is 1. The van der Waals surface area contributed by atoms with Crippen LogP contribution >= 0.6 is 0 Å². The fourth-order valence-corrected chi connectivity index (χ4v) is 2.65. The van der Waals surface area contributed by atoms with Crippen molar-refractivity contribution in [2.45, 2.75) is 59.8 Å². The van der Waals surface area contributed by atoms with E-state index >= 15 is 0 Å². The Morgan fingerprint density at radius 2 is 1.75 bits per heavy atom. The van der Waals surface area contributed by atoms with Crippen molar-refractivity contribution in [2.75, 3.05) is 5.43 Å². The molecule has 0 spiro atoms. The number of hydrazone groups is 1. The molecule has 4 heteroatoms. The van der Waals surface area contributed by atoms with Crippen molar-refractivity contribution >= 4 is 11.7 Å². The fourth-order valence-electron chi connectivity index (χ4n) is 2.65. The fraction of sp³-hybridized carbons (Fsp3) is 0.450. The number of nitrogens with one attached hydrogen (secondary N) is 1. The van der Waals surface area contributed by atoms with Gasteiger partial charge in [0.15, 0.2) is 0 Å². The molecular formula is C20H28N4. The molecule has 2 rings (SSSR count). The van der Waals surface area contributed by atoms with Crippen molar-refractivity contribution < 1.29 is 0 Å². The van der Waals surface area contributed by atoms with Gasteiger partial charge in [-0.1, -0.05) is 51.0 Å². The maximum absolute atomic E-state index is 4.61. The van der Waals surface area contributed by atoms with E-state index in [1.165, 1.54) is 12.0 Å². The van der Waals surface area contributed by atoms with E-state index in [1.54, 1.807) is 0 Å². The molecule has 0 radical (unpaired) electrons. The minimum Gasteiger partial charge on any atom is -0.245 e. The molecule has 1 heterocycles. The third-order valence-electron chi connectivity index (χ3n) is 3.98. The number of aromatic nitrogens is 2. The van der Waals surface area contributed by atoms with Crippen molar-refractivity contribution in [1.82, 2.24) is 9.97 Å². The van der Waals surface area contributed by atoms with Crippen LogP contribution in [-0.2, 0) is 12.8 Å². The molecule has 24 heavy (non-hydrogen) atoms. The molecule has 0 amide bonds. The quantitative estimate of drug-likeness (QED) is 0.554. The number of unbranched alkanes of at least 4 members (excludes halogenated alkanes) is 1. The Bertz CT molecular complexity index is 692. The molecule has 0 unspecified atom stereocenters. The molecule has 1 N–H and O–H groups in total. The SMILES string of the molecule is CCCCc1cc(CCC)nc(NN=C(C)c2ccccc2C)n1. The molecule has 0 saturated carbocycles. The zero-order valence-electron chi connectivity index (χ0n) is 15.3. The topological polar surface area (TPSA) is 50.2 Å². The Balaban J connectivity index is 2.19. The molecule has 0 aliphatic heterocycles. The highest BCUT2D eigenvalue weighted by atomic mass is 15.4. The van der Waals surface area contributed by atoms with Crippen molar-refractivity contribution in [2.24, 2.45) is 5.10 Å². The summed E-state index contributed by atoms with van der Waals surface area (Å²) in [4.78, 5) is 9.20. The number of rotatable bonds is 8. The summed E-state index contributed by atoms with van der Waals surface area (Å²) in [6, 6.07) is 10.4. The lowest BCUT2D eigenvalue weighted by atomic mass is 10.1. The molecule has 1 aromatic heterocycles. The van der Waals surface area contributed by atoms with E-state index in [1.807, 2.05) is 19.1 Å². The Labute approximate surface area is 145 Å². The Morgan fingerprint density at radius 1 is 1.04 bits per heavy atom. The van der Waals surface area contributed by atoms with E-state index in [-0.39, 0.29) is 0 Å². The van der Waals surface area contributed by atoms with Gasteiger partial charge in [-0.2, -0.15) is 5.10 Å². The molecule has 0 aliphatic rings. The molecule has 0 saturated heterocycles. The average molecular weight is 324 g/mol. The zero-order chi connectivity index (χ0) is 17.4. The Morgan fingerprint density at radius 3 is 2.42 bits per heavy atom. The minimum atomic E-state index is 0.597. The maximum Gasteiger partial charge on any atom is 0.243 e. The highest BCUT2D eigenvalue weighted by molar-refractivity contribution is 6.00. The van der Waals surface area contributed by atoms with Crippen LogP contribution in [0.3, 0.4) is 0 Å². The van der Waals surface area contributed by atoms with Crippen molar-refractivity contribution in [3.8, 4) is 0 Å². The second kappa shape index (κ2) is 9.16. The van der Waals surface area contributed by atoms with Crippen molar-refractivity contribution in [1.29, 1.82) is 0 Å². The predicted octanol–water partition coefficient (Wildman–Crippen LogP) is 4.92. The normalized spacial score (nSPS) is 11.6. The highest BCUT2D eigenvalue weighted by Gasteiger charge is 2.05. The van der Waals surface area contributed by atoms with E-state index in [4.69, 9.17) is 0 Å². The van der Waals surface area contributed by atoms with Gasteiger partial charge in [-0.15, -0.1) is 0 Å². The molecule has 128 valence electrons. The zero-order valence-corrected chi connectivity index (χ0v) is 15.3. The van der Waals surface area contributed by atoms with Crippen LogP contribution in [0.5, 0.6) is 0 Å². The minimum absolute atomic E-state index is 0.597. The molecular weight excluding hydrogens is 296 g/mol. The highest BCUT2D eigenvalue weighted by Crippen LogP contribution is 2.12. The van der Waals surface area contributed by atoms with E-state index < -0.39 is 0 Å². The van der Waals surface area contributed by atoms with Crippen molar-refractivity contribution in [3.63, 3.8) is 0 Å². The van der Waals surface area contributed by atoms with Crippen LogP contribution in [0.2, 0.25) is 0 Å². The lowest BCUT2D eigenvalue weighted by molar-refractivity contribution is 0.765. The second-order valence-corrected chi connectivity index (χ2v) is 6.15. The summed E-state index contributed by atoms with van der Waals surface area (Å²) in [7, 11) is 0. The van der Waals surface area contributed by atoms with Crippen molar-refractivity contribution in [3.05, 3.63) is 52.8 Å². The summed E-state index contributed by atoms with van der Waals surface area (Å²) < 4.78 is 0. The first kappa shape index (κ1) is 18.1. The van der Waals surface area contributed by atoms with Gasteiger partial charge in [0, 0.05) is 17.0 Å². The number of nitrogens with zero attached hydrogens (tertiary/aromatic N) is 3. The molecule has 0 fully saturated rings. The Hall–Kier alpha value is -2.23. The summed E-state index contributed by atoms with van der Waals surface area (Å²) in [6.07, 6.45) is 5.35. The van der Waals surface area contributed by atoms with Crippen LogP contribution in [0.25, 0.3) is 0 Å². The third-order valence-corrected chi connectivity index (χ3v) is 3.98. The smallest absolute Gasteiger partial charge is 0.243 e. The van der Waals surface area contributed by atoms with Gasteiger partial charge in [-0.3, -0.25) is 0 Å². The monoisotopic (exact) mass is 324 g/mol. The first-order valence-electron chi connectivity index (χ1n) is 8.87. The van der Waals surface area contributed by atoms with Gasteiger partial charge >= 0.3 is 0 Å². The van der Waals surface area contributed by atoms with Gasteiger partial charge < -0.3 is 0 Å². The lowest BCUT2D eigenvalue weighted by Crippen LogP contribution is -2.07. The maximum atomic E-state index is 4.61. The van der Waals surface area contributed by atoms with Gasteiger partial charge in [-0.05, 0) is 44.7 Å². The summed E-state index contributed by atoms with van der Waals surface area (Å²) in [6.45, 7) is 8.46. The first-order chi connectivity index (χ1) is 11.6. The number of aryl methyl sites for hydroxylation is 3. The lowest BCUT2D eigenvalue weighted by Gasteiger charge is -2.08. The van der Waals surface area contributed by atoms with Crippen LogP contribution in [0, 0.1) is 6.92 Å². The molecule has 4 nitrogen and oxygen atoms in total. The molecule has 0 aliphatic carbocycles. The summed E-state index contributed by atoms with van der Waals surface area (Å²) in [5.74, 6) is 0.597. The van der Waals surface area contributed by atoms with Gasteiger partial charge in [0.2, 0.25) is 5.95 Å². The molecule has 1 aromatic carbocycles. The van der Waals surface area contributed by atoms with E-state index in [0.717, 1.165) is 48.3 Å². The summed E-state index contributed by atoms with van der Waals surface area (Å²) >= 11 is 0. The largest absolute Gasteiger partial charge is 0.245 e. The van der Waals surface area contributed by atoms with E-state index in [0.29, 0.717) is 5.95 Å². The van der Waals surface area contributed by atoms with E-state index in [9.17, 15) is 0 Å². The summed E-state index contributed by atoms with van der Waals surface area (Å²) in [5, 5.41) is 4.49. The average Bonchev–Trinajstić information content (AvgIpc) is 2.58. The van der Waals surface area contributed by atoms with Gasteiger partial charge in [-0.25, -0.2) is 15.4 Å². The second-order valence-electron chi connectivity index (χ2n) is 6.15. The van der Waals surface area contributed by atoms with Gasteiger partial charge in [0.1, 0.15) is 0 Å². The standard InChI is InChI=1S/C20H28N4/c1-5-7-12-18-14-17(10-6-2)21-20(22-18)24-23-16(4)19-13-9-8-11-15(19)3/h8-9,11,13-14H,5-7,10,12H2,1-4H3,(H,21,22,24). The van der Waals surface area contributed by atoms with E-state index in [2.05, 4.69) is 59.5 Å². The molecule has 0 bridgehead atoms. The first-order valence-corrected chi connectivity index (χ1v) is 8.87. The van der Waals surface area contributed by atoms with Crippen LogP contribution < -0.4 is 5.43 Å². The molecule has 0 atom stereocenters. The number of benzene rings is 1. The number of hydrogen-bond acceptors (Lipinski definition) is 4. The van der Waals surface area contributed by atoms with Gasteiger partial charge in [0.25, 0.3) is 0 Å². The van der Waals surface area contributed by atoms with Crippen LogP contribution in [0.1, 0.15) is 62.5 Å². The van der Waals surface area contributed by atoms with Crippen LogP contribution in [0.15, 0.2) is 35.4 Å². The van der Waals surface area contributed by atoms with Crippen LogP contribution in [0.4, 0.5) is 5.95 Å². The Kier molecular flexibility index (Phi) is 6.91. The van der Waals surface area contributed by atoms with Crippen LogP contribution in [-0.4, -0.2) is 15.7 Å².